The summed E-state index contributed by atoms with van der Waals surface area (Å²) in [4.78, 5) is 29.4. The van der Waals surface area contributed by atoms with Crippen LogP contribution in [-0.4, -0.2) is 71.9 Å². The molecule has 6 heteroatoms. The average molecular weight is 268 g/mol. The van der Waals surface area contributed by atoms with Crippen LogP contribution < -0.4 is 5.73 Å². The molecule has 6 nitrogen and oxygen atoms in total. The molecule has 3 amide bonds. The lowest BCUT2D eigenvalue weighted by Gasteiger charge is -2.50. The van der Waals surface area contributed by atoms with E-state index in [1.165, 1.54) is 11.3 Å². The van der Waals surface area contributed by atoms with Crippen molar-refractivity contribution >= 4 is 11.9 Å². The van der Waals surface area contributed by atoms with Crippen molar-refractivity contribution in [2.75, 3.05) is 33.2 Å². The molecule has 0 aromatic heterocycles. The Morgan fingerprint density at radius 1 is 1.26 bits per heavy atom. The van der Waals surface area contributed by atoms with E-state index >= 15 is 0 Å². The number of likely N-dealkylation sites (tertiary alicyclic amines) is 2. The van der Waals surface area contributed by atoms with E-state index in [9.17, 15) is 9.59 Å². The van der Waals surface area contributed by atoms with Gasteiger partial charge in [-0.05, 0) is 25.4 Å². The summed E-state index contributed by atoms with van der Waals surface area (Å²) in [6.45, 7) is 7.65. The second-order valence-corrected chi connectivity index (χ2v) is 5.93. The first kappa shape index (κ1) is 14.1. The lowest BCUT2D eigenvalue weighted by Crippen LogP contribution is -2.66. The molecule has 0 spiro atoms. The Balaban J connectivity index is 1.87. The van der Waals surface area contributed by atoms with Crippen LogP contribution in [0.25, 0.3) is 0 Å². The summed E-state index contributed by atoms with van der Waals surface area (Å²) in [6, 6.07) is -0.109. The number of carbonyl (C=O) groups excluding carboxylic acids is 2. The van der Waals surface area contributed by atoms with Crippen molar-refractivity contribution in [2.45, 2.75) is 32.4 Å². The van der Waals surface area contributed by atoms with Gasteiger partial charge in [0.15, 0.2) is 0 Å². The Kier molecular flexibility index (Phi) is 3.99. The van der Waals surface area contributed by atoms with E-state index in [1.807, 2.05) is 13.8 Å². The second kappa shape index (κ2) is 5.36. The monoisotopic (exact) mass is 268 g/mol. The van der Waals surface area contributed by atoms with E-state index in [2.05, 4.69) is 4.90 Å². The van der Waals surface area contributed by atoms with E-state index in [4.69, 9.17) is 5.73 Å². The molecule has 108 valence electrons. The molecule has 0 aromatic rings. The number of amides is 3. The molecule has 2 heterocycles. The van der Waals surface area contributed by atoms with Crippen LogP contribution in [0.5, 0.6) is 0 Å². The average Bonchev–Trinajstić information content (AvgIpc) is 2.17. The molecule has 0 bridgehead atoms. The van der Waals surface area contributed by atoms with Gasteiger partial charge in [-0.15, -0.1) is 0 Å². The van der Waals surface area contributed by atoms with Crippen LogP contribution in [-0.2, 0) is 4.79 Å². The fourth-order valence-corrected chi connectivity index (χ4v) is 2.86. The van der Waals surface area contributed by atoms with Crippen molar-refractivity contribution in [1.29, 1.82) is 0 Å². The van der Waals surface area contributed by atoms with E-state index in [0.717, 1.165) is 26.2 Å². The van der Waals surface area contributed by atoms with Gasteiger partial charge in [0.05, 0.1) is 0 Å². The van der Waals surface area contributed by atoms with Crippen LogP contribution in [0.1, 0.15) is 20.3 Å². The maximum atomic E-state index is 12.3. The summed E-state index contributed by atoms with van der Waals surface area (Å²) in [6.07, 6.45) is 1.27. The third-order valence-electron chi connectivity index (χ3n) is 4.18. The Hall–Kier alpha value is -1.30. The molecule has 2 aliphatic rings. The van der Waals surface area contributed by atoms with E-state index in [1.54, 1.807) is 11.9 Å². The van der Waals surface area contributed by atoms with Gasteiger partial charge in [0.2, 0.25) is 5.91 Å². The highest BCUT2D eigenvalue weighted by molar-refractivity contribution is 5.86. The lowest BCUT2D eigenvalue weighted by atomic mass is 10.0. The number of urea groups is 1. The maximum absolute atomic E-state index is 12.3. The minimum absolute atomic E-state index is 0.0268. The van der Waals surface area contributed by atoms with Gasteiger partial charge in [0, 0.05) is 26.2 Å². The van der Waals surface area contributed by atoms with Gasteiger partial charge in [-0.25, -0.2) is 4.79 Å². The van der Waals surface area contributed by atoms with Gasteiger partial charge in [0.1, 0.15) is 6.04 Å². The highest BCUT2D eigenvalue weighted by Gasteiger charge is 2.40. The van der Waals surface area contributed by atoms with Crippen LogP contribution in [0.15, 0.2) is 0 Å². The first-order chi connectivity index (χ1) is 8.91. The zero-order chi connectivity index (χ0) is 14.2. The number of primary amides is 1. The Labute approximate surface area is 114 Å². The number of carbonyl (C=O) groups is 2. The van der Waals surface area contributed by atoms with Crippen LogP contribution >= 0.6 is 0 Å². The van der Waals surface area contributed by atoms with Crippen molar-refractivity contribution in [3.05, 3.63) is 0 Å². The number of likely N-dealkylation sites (N-methyl/N-ethyl adjacent to an activating group) is 1. The Bertz CT molecular complexity index is 362. The molecule has 0 aliphatic carbocycles. The highest BCUT2D eigenvalue weighted by atomic mass is 16.2. The molecule has 2 aliphatic heterocycles. The van der Waals surface area contributed by atoms with Crippen molar-refractivity contribution < 1.29 is 9.59 Å². The summed E-state index contributed by atoms with van der Waals surface area (Å²) < 4.78 is 0. The fourth-order valence-electron chi connectivity index (χ4n) is 2.86. The molecule has 0 radical (unpaired) electrons. The molecule has 0 saturated carbocycles. The van der Waals surface area contributed by atoms with Gasteiger partial charge >= 0.3 is 6.03 Å². The number of nitrogens with zero attached hydrogens (tertiary/aromatic N) is 3. The van der Waals surface area contributed by atoms with Crippen molar-refractivity contribution in [1.82, 2.24) is 14.7 Å². The summed E-state index contributed by atoms with van der Waals surface area (Å²) in [5.74, 6) is -0.412. The largest absolute Gasteiger partial charge is 0.368 e. The van der Waals surface area contributed by atoms with Crippen LogP contribution in [0.3, 0.4) is 0 Å². The van der Waals surface area contributed by atoms with Gasteiger partial charge in [-0.3, -0.25) is 9.69 Å². The predicted octanol–water partition coefficient (Wildman–Crippen LogP) is -0.0620. The zero-order valence-corrected chi connectivity index (χ0v) is 12.0. The third-order valence-corrected chi connectivity index (χ3v) is 4.18. The normalized spacial score (nSPS) is 21.8. The minimum atomic E-state index is -0.532. The Morgan fingerprint density at radius 2 is 1.84 bits per heavy atom. The van der Waals surface area contributed by atoms with Crippen LogP contribution in [0.2, 0.25) is 0 Å². The molecule has 0 aromatic carbocycles. The molecule has 2 N–H and O–H groups in total. The zero-order valence-electron chi connectivity index (χ0n) is 12.0. The number of hydrogen-bond donors (Lipinski definition) is 1. The lowest BCUT2D eigenvalue weighted by molar-refractivity contribution is -0.123. The molecule has 0 unspecified atom stereocenters. The first-order valence-electron chi connectivity index (χ1n) is 6.97. The van der Waals surface area contributed by atoms with Gasteiger partial charge in [-0.1, -0.05) is 13.8 Å². The molecular weight excluding hydrogens is 244 g/mol. The molecule has 19 heavy (non-hydrogen) atoms. The van der Waals surface area contributed by atoms with Gasteiger partial charge in [0.25, 0.3) is 0 Å². The number of nitrogens with two attached hydrogens (primary N) is 1. The topological polar surface area (TPSA) is 69.9 Å². The SMILES string of the molecule is CC(C)[C@@H](C(N)=O)N(C)C(=O)N1CC(N2CCC2)C1. The maximum Gasteiger partial charge on any atom is 0.320 e. The van der Waals surface area contributed by atoms with Gasteiger partial charge in [-0.2, -0.15) is 0 Å². The highest BCUT2D eigenvalue weighted by Crippen LogP contribution is 2.22. The third kappa shape index (κ3) is 2.68. The summed E-state index contributed by atoms with van der Waals surface area (Å²) in [5.41, 5.74) is 5.38. The quantitative estimate of drug-likeness (QED) is 0.776. The summed E-state index contributed by atoms with van der Waals surface area (Å²) >= 11 is 0. The predicted molar refractivity (Wildman–Crippen MR) is 72.5 cm³/mol. The standard InChI is InChI=1S/C13H24N4O2/c1-9(2)11(12(14)18)15(3)13(19)17-7-10(8-17)16-5-4-6-16/h9-11H,4-8H2,1-3H3,(H2,14,18)/t11-/m0/s1. The number of hydrogen-bond acceptors (Lipinski definition) is 3. The smallest absolute Gasteiger partial charge is 0.320 e. The second-order valence-electron chi connectivity index (χ2n) is 5.93. The molecular formula is C13H24N4O2. The van der Waals surface area contributed by atoms with E-state index in [-0.39, 0.29) is 11.9 Å². The molecule has 1 atom stereocenters. The minimum Gasteiger partial charge on any atom is -0.368 e. The fraction of sp³-hybridized carbons (Fsp3) is 0.846. The first-order valence-corrected chi connectivity index (χ1v) is 6.97. The van der Waals surface area contributed by atoms with Crippen LogP contribution in [0, 0.1) is 5.92 Å². The summed E-state index contributed by atoms with van der Waals surface area (Å²) in [5, 5.41) is 0. The van der Waals surface area contributed by atoms with E-state index in [0.29, 0.717) is 6.04 Å². The van der Waals surface area contributed by atoms with Crippen molar-refractivity contribution in [3.63, 3.8) is 0 Å². The van der Waals surface area contributed by atoms with Crippen molar-refractivity contribution in [2.24, 2.45) is 11.7 Å². The van der Waals surface area contributed by atoms with Crippen molar-refractivity contribution in [3.8, 4) is 0 Å². The van der Waals surface area contributed by atoms with Crippen LogP contribution in [0.4, 0.5) is 4.79 Å². The molecule has 2 fully saturated rings. The van der Waals surface area contributed by atoms with E-state index < -0.39 is 11.9 Å². The number of rotatable bonds is 4. The Morgan fingerprint density at radius 3 is 2.21 bits per heavy atom. The molecule has 2 rings (SSSR count). The summed E-state index contributed by atoms with van der Waals surface area (Å²) in [7, 11) is 1.66. The van der Waals surface area contributed by atoms with Gasteiger partial charge < -0.3 is 15.5 Å². The molecule has 2 saturated heterocycles.